The number of fused-ring (bicyclic) bond motifs is 3. The maximum Gasteiger partial charge on any atom is 0.347 e. The van der Waals surface area contributed by atoms with E-state index in [1.54, 1.807) is 6.07 Å². The summed E-state index contributed by atoms with van der Waals surface area (Å²) in [6.45, 7) is 0. The Morgan fingerprint density at radius 1 is 0.913 bits per heavy atom. The summed E-state index contributed by atoms with van der Waals surface area (Å²) in [6.07, 6.45) is 0. The molecule has 2 aromatic heterocycles. The molecule has 0 unspecified atom stereocenters. The molecule has 4 aromatic rings. The van der Waals surface area contributed by atoms with E-state index in [0.717, 1.165) is 5.56 Å². The minimum Gasteiger partial charge on any atom is -0.455 e. The molecule has 6 heteroatoms. The Balaban J connectivity index is 2.08. The van der Waals surface area contributed by atoms with Crippen LogP contribution in [0, 0.1) is 10.1 Å². The van der Waals surface area contributed by atoms with Gasteiger partial charge in [0.1, 0.15) is 16.7 Å². The number of benzene rings is 2. The second kappa shape index (κ2) is 4.81. The summed E-state index contributed by atoms with van der Waals surface area (Å²) in [6, 6.07) is 14.9. The number of non-ortho nitro benzene ring substituents is 1. The van der Waals surface area contributed by atoms with Crippen LogP contribution in [0.1, 0.15) is 0 Å². The highest BCUT2D eigenvalue weighted by Gasteiger charge is 2.17. The fourth-order valence-electron chi connectivity index (χ4n) is 2.54. The molecular formula is C17H9NO5. The quantitative estimate of drug-likeness (QED) is 0.316. The molecule has 0 radical (unpaired) electrons. The van der Waals surface area contributed by atoms with Crippen molar-refractivity contribution in [2.75, 3.05) is 0 Å². The molecule has 0 N–H and O–H groups in total. The lowest BCUT2D eigenvalue weighted by molar-refractivity contribution is -0.384. The number of hydrogen-bond acceptors (Lipinski definition) is 5. The molecule has 0 spiro atoms. The monoisotopic (exact) mass is 307 g/mol. The molecule has 0 bridgehead atoms. The summed E-state index contributed by atoms with van der Waals surface area (Å²) in [5, 5.41) is 11.6. The van der Waals surface area contributed by atoms with Gasteiger partial charge in [0, 0.05) is 17.7 Å². The third kappa shape index (κ3) is 2.08. The van der Waals surface area contributed by atoms with Gasteiger partial charge in [0.25, 0.3) is 5.69 Å². The van der Waals surface area contributed by atoms with Crippen molar-refractivity contribution in [1.29, 1.82) is 0 Å². The summed E-state index contributed by atoms with van der Waals surface area (Å²) >= 11 is 0. The molecule has 0 atom stereocenters. The Morgan fingerprint density at radius 3 is 2.43 bits per heavy atom. The smallest absolute Gasteiger partial charge is 0.347 e. The van der Waals surface area contributed by atoms with Crippen LogP contribution >= 0.6 is 0 Å². The number of nitro benzene ring substituents is 1. The van der Waals surface area contributed by atoms with Crippen molar-refractivity contribution in [2.45, 2.75) is 0 Å². The largest absolute Gasteiger partial charge is 0.455 e. The Bertz CT molecular complexity index is 1110. The molecule has 0 amide bonds. The first-order valence-electron chi connectivity index (χ1n) is 6.84. The van der Waals surface area contributed by atoms with Gasteiger partial charge in [-0.15, -0.1) is 0 Å². The number of nitro groups is 1. The molecule has 0 fully saturated rings. The van der Waals surface area contributed by atoms with Crippen molar-refractivity contribution >= 4 is 27.6 Å². The van der Waals surface area contributed by atoms with Gasteiger partial charge < -0.3 is 8.83 Å². The van der Waals surface area contributed by atoms with E-state index >= 15 is 0 Å². The Morgan fingerprint density at radius 2 is 1.70 bits per heavy atom. The van der Waals surface area contributed by atoms with Crippen LogP contribution in [0.15, 0.2) is 68.2 Å². The van der Waals surface area contributed by atoms with E-state index in [1.807, 2.05) is 30.3 Å². The minimum absolute atomic E-state index is 0.0923. The lowest BCUT2D eigenvalue weighted by Crippen LogP contribution is -1.98. The van der Waals surface area contributed by atoms with Gasteiger partial charge in [0.05, 0.1) is 10.3 Å². The average Bonchev–Trinajstić information content (AvgIpc) is 3.01. The van der Waals surface area contributed by atoms with Crippen LogP contribution in [0.4, 0.5) is 5.69 Å². The summed E-state index contributed by atoms with van der Waals surface area (Å²) < 4.78 is 11.0. The van der Waals surface area contributed by atoms with Gasteiger partial charge >= 0.3 is 5.63 Å². The predicted octanol–water partition coefficient (Wildman–Crippen LogP) is 4.11. The Hall–Kier alpha value is -3.41. The third-order valence-corrected chi connectivity index (χ3v) is 3.63. The first-order valence-corrected chi connectivity index (χ1v) is 6.84. The summed E-state index contributed by atoms with van der Waals surface area (Å²) in [4.78, 5) is 22.5. The number of nitrogens with zero attached hydrogens (tertiary/aromatic N) is 1. The molecule has 23 heavy (non-hydrogen) atoms. The first-order chi connectivity index (χ1) is 11.1. The zero-order valence-electron chi connectivity index (χ0n) is 11.7. The van der Waals surface area contributed by atoms with Crippen LogP contribution in [0.3, 0.4) is 0 Å². The molecular weight excluding hydrogens is 298 g/mol. The van der Waals surface area contributed by atoms with E-state index in [-0.39, 0.29) is 16.7 Å². The van der Waals surface area contributed by atoms with Crippen molar-refractivity contribution in [2.24, 2.45) is 0 Å². The summed E-state index contributed by atoms with van der Waals surface area (Å²) in [7, 11) is 0. The molecule has 4 rings (SSSR count). The van der Waals surface area contributed by atoms with Gasteiger partial charge in [-0.1, -0.05) is 30.3 Å². The molecule has 6 nitrogen and oxygen atoms in total. The molecule has 2 aromatic carbocycles. The molecule has 0 aliphatic carbocycles. The van der Waals surface area contributed by atoms with E-state index in [2.05, 4.69) is 0 Å². The molecule has 0 aliphatic heterocycles. The zero-order chi connectivity index (χ0) is 16.0. The lowest BCUT2D eigenvalue weighted by atomic mass is 10.1. The fraction of sp³-hybridized carbons (Fsp3) is 0. The van der Waals surface area contributed by atoms with Crippen LogP contribution in [-0.2, 0) is 0 Å². The molecule has 112 valence electrons. The molecule has 2 heterocycles. The van der Waals surface area contributed by atoms with Gasteiger partial charge in [-0.3, -0.25) is 10.1 Å². The van der Waals surface area contributed by atoms with Gasteiger partial charge in [-0.05, 0) is 12.1 Å². The highest BCUT2D eigenvalue weighted by molar-refractivity contribution is 6.02. The molecule has 0 aliphatic rings. The van der Waals surface area contributed by atoms with Crippen LogP contribution in [0.5, 0.6) is 0 Å². The minimum atomic E-state index is -0.535. The highest BCUT2D eigenvalue weighted by Crippen LogP contribution is 2.32. The highest BCUT2D eigenvalue weighted by atomic mass is 16.6. The van der Waals surface area contributed by atoms with Crippen molar-refractivity contribution in [3.05, 3.63) is 75.1 Å². The van der Waals surface area contributed by atoms with E-state index in [4.69, 9.17) is 8.83 Å². The number of furan rings is 1. The first kappa shape index (κ1) is 13.3. The van der Waals surface area contributed by atoms with Crippen LogP contribution in [-0.4, -0.2) is 4.92 Å². The van der Waals surface area contributed by atoms with Crippen molar-refractivity contribution in [3.8, 4) is 11.3 Å². The summed E-state index contributed by atoms with van der Waals surface area (Å²) in [5.74, 6) is 0.506. The Kier molecular flexibility index (Phi) is 2.77. The molecule has 0 saturated carbocycles. The summed E-state index contributed by atoms with van der Waals surface area (Å²) in [5.41, 5.74) is 0.722. The van der Waals surface area contributed by atoms with Crippen molar-refractivity contribution in [1.82, 2.24) is 0 Å². The van der Waals surface area contributed by atoms with E-state index in [9.17, 15) is 14.9 Å². The SMILES string of the molecule is O=c1oc2ccc([N+](=O)[O-])cc2c2oc(-c3ccccc3)cc12. The fourth-order valence-corrected chi connectivity index (χ4v) is 2.54. The maximum absolute atomic E-state index is 12.1. The van der Waals surface area contributed by atoms with Crippen molar-refractivity contribution < 1.29 is 13.8 Å². The zero-order valence-corrected chi connectivity index (χ0v) is 11.7. The lowest BCUT2D eigenvalue weighted by Gasteiger charge is -1.98. The van der Waals surface area contributed by atoms with Crippen LogP contribution in [0.2, 0.25) is 0 Å². The standard InChI is InChI=1S/C17H9NO5/c19-17-13-9-15(10-4-2-1-3-5-10)22-16(13)12-8-11(18(20)21)6-7-14(12)23-17/h1-9H. The van der Waals surface area contributed by atoms with E-state index < -0.39 is 10.5 Å². The van der Waals surface area contributed by atoms with Gasteiger partial charge in [-0.2, -0.15) is 0 Å². The predicted molar refractivity (Wildman–Crippen MR) is 84.3 cm³/mol. The molecule has 0 saturated heterocycles. The average molecular weight is 307 g/mol. The van der Waals surface area contributed by atoms with Gasteiger partial charge in [-0.25, -0.2) is 4.79 Å². The number of rotatable bonds is 2. The van der Waals surface area contributed by atoms with Crippen LogP contribution < -0.4 is 5.63 Å². The van der Waals surface area contributed by atoms with Crippen molar-refractivity contribution in [3.63, 3.8) is 0 Å². The van der Waals surface area contributed by atoms with Crippen LogP contribution in [0.25, 0.3) is 33.3 Å². The second-order valence-electron chi connectivity index (χ2n) is 5.05. The van der Waals surface area contributed by atoms with E-state index in [1.165, 1.54) is 18.2 Å². The van der Waals surface area contributed by atoms with E-state index in [0.29, 0.717) is 16.7 Å². The second-order valence-corrected chi connectivity index (χ2v) is 5.05. The topological polar surface area (TPSA) is 86.5 Å². The maximum atomic E-state index is 12.1. The third-order valence-electron chi connectivity index (χ3n) is 3.63. The number of hydrogen-bond donors (Lipinski definition) is 0. The normalized spacial score (nSPS) is 11.1. The van der Waals surface area contributed by atoms with Gasteiger partial charge in [0.2, 0.25) is 0 Å². The Labute approximate surface area is 128 Å². The van der Waals surface area contributed by atoms with Gasteiger partial charge in [0.15, 0.2) is 5.58 Å².